The molecule has 0 spiro atoms. The van der Waals surface area contributed by atoms with Crippen molar-refractivity contribution in [2.45, 2.75) is 6.92 Å². The SMILES string of the molecule is CCOc1ccccc1N(CC(=O)N/N=C\c1cc(Br)c(OC)c(OC)c1)S(C)(=O)=O. The van der Waals surface area contributed by atoms with Gasteiger partial charge in [0.1, 0.15) is 12.3 Å². The van der Waals surface area contributed by atoms with E-state index in [-0.39, 0.29) is 5.69 Å². The van der Waals surface area contributed by atoms with Crippen LogP contribution in [0.5, 0.6) is 17.2 Å². The van der Waals surface area contributed by atoms with Gasteiger partial charge >= 0.3 is 0 Å². The molecule has 0 radical (unpaired) electrons. The van der Waals surface area contributed by atoms with Crippen LogP contribution in [-0.4, -0.2) is 54.2 Å². The van der Waals surface area contributed by atoms with Gasteiger partial charge in [0, 0.05) is 0 Å². The Morgan fingerprint density at radius 3 is 2.52 bits per heavy atom. The summed E-state index contributed by atoms with van der Waals surface area (Å²) in [7, 11) is -0.721. The van der Waals surface area contributed by atoms with Gasteiger partial charge in [-0.2, -0.15) is 5.10 Å². The molecule has 0 aromatic heterocycles. The zero-order valence-corrected chi connectivity index (χ0v) is 20.0. The molecule has 0 saturated heterocycles. The average Bonchev–Trinajstić information content (AvgIpc) is 2.71. The van der Waals surface area contributed by atoms with E-state index in [1.54, 1.807) is 43.3 Å². The highest BCUT2D eigenvalue weighted by molar-refractivity contribution is 9.10. The van der Waals surface area contributed by atoms with Gasteiger partial charge in [0.05, 0.1) is 43.5 Å². The molecule has 0 aliphatic carbocycles. The molecule has 0 aliphatic rings. The Kier molecular flexibility index (Phi) is 8.69. The Labute approximate surface area is 190 Å². The molecule has 31 heavy (non-hydrogen) atoms. The molecule has 2 aromatic rings. The number of anilines is 1. The fraction of sp³-hybridized carbons (Fsp3) is 0.300. The Hall–Kier alpha value is -2.79. The second-order valence-corrected chi connectivity index (χ2v) is 8.96. The number of para-hydroxylation sites is 2. The van der Waals surface area contributed by atoms with E-state index in [4.69, 9.17) is 14.2 Å². The fourth-order valence-corrected chi connectivity index (χ4v) is 4.16. The quantitative estimate of drug-likeness (QED) is 0.386. The van der Waals surface area contributed by atoms with Crippen molar-refractivity contribution in [3.63, 3.8) is 0 Å². The lowest BCUT2D eigenvalue weighted by molar-refractivity contribution is -0.119. The summed E-state index contributed by atoms with van der Waals surface area (Å²) in [5.41, 5.74) is 3.24. The summed E-state index contributed by atoms with van der Waals surface area (Å²) in [6, 6.07) is 10.0. The van der Waals surface area contributed by atoms with E-state index in [2.05, 4.69) is 26.5 Å². The van der Waals surface area contributed by atoms with Gasteiger partial charge < -0.3 is 14.2 Å². The smallest absolute Gasteiger partial charge is 0.260 e. The van der Waals surface area contributed by atoms with E-state index in [0.717, 1.165) is 10.6 Å². The van der Waals surface area contributed by atoms with Crippen molar-refractivity contribution < 1.29 is 27.4 Å². The number of carbonyl (C=O) groups is 1. The maximum Gasteiger partial charge on any atom is 0.260 e. The van der Waals surface area contributed by atoms with E-state index in [0.29, 0.717) is 33.9 Å². The first-order chi connectivity index (χ1) is 14.7. The first-order valence-corrected chi connectivity index (χ1v) is 11.8. The van der Waals surface area contributed by atoms with E-state index in [9.17, 15) is 13.2 Å². The second-order valence-electron chi connectivity index (χ2n) is 6.20. The lowest BCUT2D eigenvalue weighted by atomic mass is 10.2. The third kappa shape index (κ3) is 6.59. The minimum absolute atomic E-state index is 0.273. The van der Waals surface area contributed by atoms with Crippen molar-refractivity contribution in [3.8, 4) is 17.2 Å². The van der Waals surface area contributed by atoms with Gasteiger partial charge in [-0.25, -0.2) is 13.8 Å². The van der Waals surface area contributed by atoms with Crippen molar-refractivity contribution in [2.75, 3.05) is 37.9 Å². The standard InChI is InChI=1S/C20H24BrN3O6S/c1-5-30-17-9-7-6-8-16(17)24(31(4,26)27)13-19(25)23-22-12-14-10-15(21)20(29-3)18(11-14)28-2/h6-12H,5,13H2,1-4H3,(H,23,25)/b22-12-. The van der Waals surface area contributed by atoms with Crippen LogP contribution in [0.25, 0.3) is 0 Å². The number of ether oxygens (including phenoxy) is 3. The van der Waals surface area contributed by atoms with E-state index < -0.39 is 22.5 Å². The number of hydrogen-bond donors (Lipinski definition) is 1. The highest BCUT2D eigenvalue weighted by atomic mass is 79.9. The molecule has 1 N–H and O–H groups in total. The molecule has 11 heteroatoms. The predicted octanol–water partition coefficient (Wildman–Crippen LogP) is 2.78. The molecular formula is C20H24BrN3O6S. The Balaban J connectivity index is 2.17. The van der Waals surface area contributed by atoms with Gasteiger partial charge in [-0.1, -0.05) is 12.1 Å². The van der Waals surface area contributed by atoms with Crippen LogP contribution in [0.15, 0.2) is 46.0 Å². The first-order valence-electron chi connectivity index (χ1n) is 9.14. The first kappa shape index (κ1) is 24.5. The molecule has 0 fully saturated rings. The molecule has 1 amide bonds. The molecule has 0 atom stereocenters. The predicted molar refractivity (Wildman–Crippen MR) is 123 cm³/mol. The minimum atomic E-state index is -3.75. The molecule has 0 bridgehead atoms. The van der Waals surface area contributed by atoms with Crippen LogP contribution < -0.4 is 23.9 Å². The Morgan fingerprint density at radius 1 is 1.19 bits per heavy atom. The largest absolute Gasteiger partial charge is 0.493 e. The molecule has 2 rings (SSSR count). The van der Waals surface area contributed by atoms with Crippen molar-refractivity contribution >= 4 is 43.8 Å². The van der Waals surface area contributed by atoms with Crippen molar-refractivity contribution in [1.82, 2.24) is 5.43 Å². The number of hydrogen-bond acceptors (Lipinski definition) is 7. The molecule has 0 aliphatic heterocycles. The van der Waals surface area contributed by atoms with Crippen molar-refractivity contribution in [2.24, 2.45) is 5.10 Å². The van der Waals surface area contributed by atoms with Gasteiger partial charge in [0.2, 0.25) is 10.0 Å². The normalized spacial score (nSPS) is 11.3. The van der Waals surface area contributed by atoms with Gasteiger partial charge in [0.25, 0.3) is 5.91 Å². The number of methoxy groups -OCH3 is 2. The van der Waals surface area contributed by atoms with E-state index >= 15 is 0 Å². The molecule has 168 valence electrons. The highest BCUT2D eigenvalue weighted by Gasteiger charge is 2.23. The summed E-state index contributed by atoms with van der Waals surface area (Å²) >= 11 is 3.38. The van der Waals surface area contributed by atoms with Gasteiger partial charge in [-0.3, -0.25) is 9.10 Å². The lowest BCUT2D eigenvalue weighted by Gasteiger charge is -2.23. The fourth-order valence-electron chi connectivity index (χ4n) is 2.68. The van der Waals surface area contributed by atoms with Crippen LogP contribution in [-0.2, 0) is 14.8 Å². The topological polar surface area (TPSA) is 107 Å². The lowest BCUT2D eigenvalue weighted by Crippen LogP contribution is -2.39. The van der Waals surface area contributed by atoms with Crippen molar-refractivity contribution in [1.29, 1.82) is 0 Å². The summed E-state index contributed by atoms with van der Waals surface area (Å²) in [6.07, 6.45) is 2.43. The average molecular weight is 514 g/mol. The number of amides is 1. The van der Waals surface area contributed by atoms with Crippen LogP contribution >= 0.6 is 15.9 Å². The number of sulfonamides is 1. The molecular weight excluding hydrogens is 490 g/mol. The van der Waals surface area contributed by atoms with Gasteiger partial charge in [-0.05, 0) is 52.7 Å². The third-order valence-electron chi connectivity index (χ3n) is 3.98. The zero-order chi connectivity index (χ0) is 23.0. The van der Waals surface area contributed by atoms with Gasteiger partial charge in [-0.15, -0.1) is 0 Å². The Bertz CT molecular complexity index is 1060. The minimum Gasteiger partial charge on any atom is -0.493 e. The van der Waals surface area contributed by atoms with Crippen LogP contribution in [0.4, 0.5) is 5.69 Å². The number of nitrogens with zero attached hydrogens (tertiary/aromatic N) is 2. The summed E-state index contributed by atoms with van der Waals surface area (Å²) in [4.78, 5) is 12.4. The number of hydrazone groups is 1. The maximum absolute atomic E-state index is 12.4. The van der Waals surface area contributed by atoms with Crippen LogP contribution in [0.3, 0.4) is 0 Å². The maximum atomic E-state index is 12.4. The van der Waals surface area contributed by atoms with E-state index in [1.165, 1.54) is 20.4 Å². The number of halogens is 1. The van der Waals surface area contributed by atoms with Crippen LogP contribution in [0, 0.1) is 0 Å². The zero-order valence-electron chi connectivity index (χ0n) is 17.6. The molecule has 9 nitrogen and oxygen atoms in total. The van der Waals surface area contributed by atoms with Crippen molar-refractivity contribution in [3.05, 3.63) is 46.4 Å². The molecule has 0 heterocycles. The highest BCUT2D eigenvalue weighted by Crippen LogP contribution is 2.35. The summed E-state index contributed by atoms with van der Waals surface area (Å²) < 4.78 is 42.2. The molecule has 0 unspecified atom stereocenters. The number of rotatable bonds is 10. The number of carbonyl (C=O) groups excluding carboxylic acids is 1. The van der Waals surface area contributed by atoms with E-state index in [1.807, 2.05) is 0 Å². The Morgan fingerprint density at radius 2 is 1.90 bits per heavy atom. The van der Waals surface area contributed by atoms with Crippen LogP contribution in [0.2, 0.25) is 0 Å². The summed E-state index contributed by atoms with van der Waals surface area (Å²) in [5.74, 6) is 0.760. The molecule has 2 aromatic carbocycles. The second kappa shape index (κ2) is 11.0. The van der Waals surface area contributed by atoms with Gasteiger partial charge in [0.15, 0.2) is 11.5 Å². The van der Waals surface area contributed by atoms with Crippen LogP contribution in [0.1, 0.15) is 12.5 Å². The third-order valence-corrected chi connectivity index (χ3v) is 5.70. The monoisotopic (exact) mass is 513 g/mol. The number of nitrogens with one attached hydrogen (secondary N) is 1. The number of benzene rings is 2. The summed E-state index contributed by atoms with van der Waals surface area (Å²) in [6.45, 7) is 1.68. The molecule has 0 saturated carbocycles. The summed E-state index contributed by atoms with van der Waals surface area (Å²) in [5, 5.41) is 3.91.